The number of aromatic nitrogens is 2. The molecule has 0 bridgehead atoms. The predicted molar refractivity (Wildman–Crippen MR) is 80.8 cm³/mol. The highest BCUT2D eigenvalue weighted by molar-refractivity contribution is 6.30. The van der Waals surface area contributed by atoms with Crippen LogP contribution in [0.1, 0.15) is 43.0 Å². The van der Waals surface area contributed by atoms with Crippen LogP contribution in [0.5, 0.6) is 0 Å². The van der Waals surface area contributed by atoms with E-state index < -0.39 is 0 Å². The zero-order valence-electron chi connectivity index (χ0n) is 11.8. The Morgan fingerprint density at radius 3 is 2.55 bits per heavy atom. The molecule has 0 aliphatic carbocycles. The summed E-state index contributed by atoms with van der Waals surface area (Å²) < 4.78 is 1.75. The maximum atomic E-state index is 9.18. The van der Waals surface area contributed by atoms with Gasteiger partial charge in [-0.05, 0) is 24.3 Å². The largest absolute Gasteiger partial charge is 0.252 e. The van der Waals surface area contributed by atoms with E-state index in [1.165, 1.54) is 5.56 Å². The SMILES string of the molecule is CC(C)c1nn(CCCc2ccccc2)c(Cl)c1C#N. The van der Waals surface area contributed by atoms with Crippen LogP contribution in [-0.2, 0) is 13.0 Å². The smallest absolute Gasteiger partial charge is 0.145 e. The molecule has 0 aliphatic heterocycles. The zero-order valence-corrected chi connectivity index (χ0v) is 12.6. The molecule has 0 saturated carbocycles. The average molecular weight is 288 g/mol. The summed E-state index contributed by atoms with van der Waals surface area (Å²) in [4.78, 5) is 0. The normalized spacial score (nSPS) is 10.8. The molecule has 0 aliphatic rings. The number of hydrogen-bond acceptors (Lipinski definition) is 2. The molecule has 2 aromatic rings. The second-order valence-electron chi connectivity index (χ2n) is 5.13. The third-order valence-corrected chi connectivity index (χ3v) is 3.64. The molecular weight excluding hydrogens is 270 g/mol. The standard InChI is InChI=1S/C16H18ClN3/c1-12(2)15-14(11-18)16(17)20(19-15)10-6-9-13-7-4-3-5-8-13/h3-5,7-8,12H,6,9-10H2,1-2H3. The minimum atomic E-state index is 0.206. The maximum absolute atomic E-state index is 9.18. The molecule has 0 fully saturated rings. The number of nitriles is 1. The Bertz CT molecular complexity index is 609. The van der Waals surface area contributed by atoms with Crippen LogP contribution >= 0.6 is 11.6 Å². The molecule has 20 heavy (non-hydrogen) atoms. The average Bonchev–Trinajstić information content (AvgIpc) is 2.77. The van der Waals surface area contributed by atoms with Gasteiger partial charge in [0.25, 0.3) is 0 Å². The lowest BCUT2D eigenvalue weighted by Gasteiger charge is -2.04. The highest BCUT2D eigenvalue weighted by Gasteiger charge is 2.18. The van der Waals surface area contributed by atoms with Crippen molar-refractivity contribution in [1.82, 2.24) is 9.78 Å². The lowest BCUT2D eigenvalue weighted by Crippen LogP contribution is -2.03. The molecule has 4 heteroatoms. The van der Waals surface area contributed by atoms with Crippen LogP contribution in [0.3, 0.4) is 0 Å². The lowest BCUT2D eigenvalue weighted by atomic mass is 10.1. The molecule has 0 radical (unpaired) electrons. The van der Waals surface area contributed by atoms with Crippen molar-refractivity contribution in [1.29, 1.82) is 5.26 Å². The predicted octanol–water partition coefficient (Wildman–Crippen LogP) is 4.16. The quantitative estimate of drug-likeness (QED) is 0.828. The Labute approximate surface area is 124 Å². The van der Waals surface area contributed by atoms with Crippen molar-refractivity contribution in [2.24, 2.45) is 0 Å². The Morgan fingerprint density at radius 1 is 1.30 bits per heavy atom. The number of halogens is 1. The Morgan fingerprint density at radius 2 is 2.00 bits per heavy atom. The molecule has 1 aromatic heterocycles. The molecule has 1 aromatic carbocycles. The van der Waals surface area contributed by atoms with Gasteiger partial charge in [-0.25, -0.2) is 0 Å². The van der Waals surface area contributed by atoms with Crippen molar-refractivity contribution in [2.45, 2.75) is 39.2 Å². The van der Waals surface area contributed by atoms with Crippen molar-refractivity contribution in [2.75, 3.05) is 0 Å². The van der Waals surface area contributed by atoms with Crippen LogP contribution in [0.4, 0.5) is 0 Å². The second kappa shape index (κ2) is 6.58. The van der Waals surface area contributed by atoms with Gasteiger partial charge in [0.1, 0.15) is 16.8 Å². The molecular formula is C16H18ClN3. The molecule has 0 N–H and O–H groups in total. The topological polar surface area (TPSA) is 41.6 Å². The molecule has 0 amide bonds. The van der Waals surface area contributed by atoms with Crippen LogP contribution in [0.2, 0.25) is 5.15 Å². The van der Waals surface area contributed by atoms with Gasteiger partial charge in [0.2, 0.25) is 0 Å². The fourth-order valence-electron chi connectivity index (χ4n) is 2.19. The number of rotatable bonds is 5. The monoisotopic (exact) mass is 287 g/mol. The van der Waals surface area contributed by atoms with Crippen LogP contribution in [0.25, 0.3) is 0 Å². The first-order valence-corrected chi connectivity index (χ1v) is 7.21. The van der Waals surface area contributed by atoms with Gasteiger partial charge in [-0.15, -0.1) is 0 Å². The van der Waals surface area contributed by atoms with E-state index in [1.54, 1.807) is 4.68 Å². The van der Waals surface area contributed by atoms with Crippen molar-refractivity contribution in [3.63, 3.8) is 0 Å². The zero-order chi connectivity index (χ0) is 14.5. The Balaban J connectivity index is 2.05. The minimum absolute atomic E-state index is 0.206. The summed E-state index contributed by atoms with van der Waals surface area (Å²) in [6, 6.07) is 12.5. The summed E-state index contributed by atoms with van der Waals surface area (Å²) in [6.07, 6.45) is 1.93. The van der Waals surface area contributed by atoms with Crippen molar-refractivity contribution in [3.05, 3.63) is 52.3 Å². The fraction of sp³-hybridized carbons (Fsp3) is 0.375. The summed E-state index contributed by atoms with van der Waals surface area (Å²) in [7, 11) is 0. The number of hydrogen-bond donors (Lipinski definition) is 0. The van der Waals surface area contributed by atoms with Gasteiger partial charge in [-0.2, -0.15) is 10.4 Å². The first kappa shape index (κ1) is 14.6. The third kappa shape index (κ3) is 3.20. The van der Waals surface area contributed by atoms with Gasteiger partial charge in [-0.1, -0.05) is 55.8 Å². The van der Waals surface area contributed by atoms with Crippen molar-refractivity contribution < 1.29 is 0 Å². The fourth-order valence-corrected chi connectivity index (χ4v) is 2.45. The second-order valence-corrected chi connectivity index (χ2v) is 5.49. The van der Waals surface area contributed by atoms with Gasteiger partial charge in [0.15, 0.2) is 0 Å². The first-order chi connectivity index (χ1) is 9.63. The van der Waals surface area contributed by atoms with Crippen LogP contribution < -0.4 is 0 Å². The van der Waals surface area contributed by atoms with Crippen molar-refractivity contribution >= 4 is 11.6 Å². The summed E-state index contributed by atoms with van der Waals surface area (Å²) in [5.41, 5.74) is 2.61. The Kier molecular flexibility index (Phi) is 4.81. The molecule has 2 rings (SSSR count). The van der Waals surface area contributed by atoms with E-state index >= 15 is 0 Å². The molecule has 0 atom stereocenters. The summed E-state index contributed by atoms with van der Waals surface area (Å²) in [5.74, 6) is 0.206. The van der Waals surface area contributed by atoms with Gasteiger partial charge >= 0.3 is 0 Å². The minimum Gasteiger partial charge on any atom is -0.252 e. The summed E-state index contributed by atoms with van der Waals surface area (Å²) in [6.45, 7) is 4.77. The maximum Gasteiger partial charge on any atom is 0.145 e. The van der Waals surface area contributed by atoms with Gasteiger partial charge in [0, 0.05) is 6.54 Å². The van der Waals surface area contributed by atoms with E-state index in [4.69, 9.17) is 11.6 Å². The molecule has 104 valence electrons. The number of nitrogens with zero attached hydrogens (tertiary/aromatic N) is 3. The lowest BCUT2D eigenvalue weighted by molar-refractivity contribution is 0.568. The molecule has 0 spiro atoms. The van der Waals surface area contributed by atoms with E-state index in [1.807, 2.05) is 32.0 Å². The Hall–Kier alpha value is -1.79. The molecule has 0 unspecified atom stereocenters. The van der Waals surface area contributed by atoms with E-state index in [9.17, 15) is 5.26 Å². The van der Waals surface area contributed by atoms with E-state index in [0.29, 0.717) is 10.7 Å². The van der Waals surface area contributed by atoms with E-state index in [2.05, 4.69) is 23.3 Å². The van der Waals surface area contributed by atoms with Gasteiger partial charge in [-0.3, -0.25) is 4.68 Å². The van der Waals surface area contributed by atoms with Gasteiger partial charge < -0.3 is 0 Å². The van der Waals surface area contributed by atoms with Gasteiger partial charge in [0.05, 0.1) is 5.69 Å². The van der Waals surface area contributed by atoms with E-state index in [-0.39, 0.29) is 5.92 Å². The van der Waals surface area contributed by atoms with E-state index in [0.717, 1.165) is 25.1 Å². The highest BCUT2D eigenvalue weighted by atomic mass is 35.5. The first-order valence-electron chi connectivity index (χ1n) is 6.83. The molecule has 1 heterocycles. The van der Waals surface area contributed by atoms with Crippen LogP contribution in [0.15, 0.2) is 30.3 Å². The van der Waals surface area contributed by atoms with Crippen LogP contribution in [-0.4, -0.2) is 9.78 Å². The molecule has 3 nitrogen and oxygen atoms in total. The molecule has 0 saturated heterocycles. The van der Waals surface area contributed by atoms with Crippen molar-refractivity contribution in [3.8, 4) is 6.07 Å². The number of benzene rings is 1. The van der Waals surface area contributed by atoms with Crippen LogP contribution in [0, 0.1) is 11.3 Å². The third-order valence-electron chi connectivity index (χ3n) is 3.25. The highest BCUT2D eigenvalue weighted by Crippen LogP contribution is 2.25. The summed E-state index contributed by atoms with van der Waals surface area (Å²) in [5, 5.41) is 14.1. The number of aryl methyl sites for hydroxylation is 2. The summed E-state index contributed by atoms with van der Waals surface area (Å²) >= 11 is 6.23.